The Hall–Kier alpha value is -1.38. The van der Waals surface area contributed by atoms with Crippen molar-refractivity contribution in [1.82, 2.24) is 0 Å². The Morgan fingerprint density at radius 1 is 1.38 bits per heavy atom. The van der Waals surface area contributed by atoms with Crippen LogP contribution in [-0.4, -0.2) is 5.91 Å². The van der Waals surface area contributed by atoms with Crippen molar-refractivity contribution in [3.8, 4) is 0 Å². The van der Waals surface area contributed by atoms with Gasteiger partial charge in [-0.2, -0.15) is 0 Å². The molecule has 0 aliphatic heterocycles. The van der Waals surface area contributed by atoms with Gasteiger partial charge in [0.2, 0.25) is 0 Å². The lowest BCUT2D eigenvalue weighted by atomic mass is 9.91. The van der Waals surface area contributed by atoms with Crippen LogP contribution in [0.15, 0.2) is 12.1 Å². The van der Waals surface area contributed by atoms with E-state index in [-0.39, 0.29) is 5.56 Å². The molecule has 1 amide bonds. The molecule has 0 saturated heterocycles. The second kappa shape index (κ2) is 4.24. The third kappa shape index (κ3) is 1.82. The molecule has 1 aliphatic carbocycles. The van der Waals surface area contributed by atoms with Crippen LogP contribution >= 0.6 is 0 Å². The molecule has 0 atom stereocenters. The van der Waals surface area contributed by atoms with Crippen molar-refractivity contribution in [1.29, 1.82) is 0 Å². The van der Waals surface area contributed by atoms with E-state index in [1.807, 2.05) is 6.07 Å². The number of amides is 1. The number of aryl methyl sites for hydroxylation is 1. The van der Waals surface area contributed by atoms with Gasteiger partial charge in [-0.15, -0.1) is 0 Å². The largest absolute Gasteiger partial charge is 0.365 e. The first kappa shape index (κ1) is 11.1. The topological polar surface area (TPSA) is 43.1 Å². The lowest BCUT2D eigenvalue weighted by Gasteiger charge is -2.15. The maximum Gasteiger partial charge on any atom is 0.251 e. The van der Waals surface area contributed by atoms with E-state index in [9.17, 15) is 9.18 Å². The highest BCUT2D eigenvalue weighted by Crippen LogP contribution is 2.36. The van der Waals surface area contributed by atoms with E-state index in [4.69, 9.17) is 5.73 Å². The minimum Gasteiger partial charge on any atom is -0.365 e. The molecule has 1 aromatic rings. The molecule has 2 N–H and O–H groups in total. The first-order chi connectivity index (χ1) is 7.61. The van der Waals surface area contributed by atoms with Crippen LogP contribution < -0.4 is 5.73 Å². The average molecular weight is 221 g/mol. The standard InChI is InChI=1S/C13H16FNO/c1-8-6-7-10(9-4-2-3-5-9)11(12(8)14)13(15)16/h6-7,9H,2-5H2,1H3,(H2,15,16). The van der Waals surface area contributed by atoms with Crippen LogP contribution in [0, 0.1) is 12.7 Å². The van der Waals surface area contributed by atoms with Gasteiger partial charge in [0, 0.05) is 0 Å². The van der Waals surface area contributed by atoms with E-state index in [1.165, 1.54) is 0 Å². The number of primary amides is 1. The lowest BCUT2D eigenvalue weighted by Crippen LogP contribution is -2.18. The van der Waals surface area contributed by atoms with Crippen molar-refractivity contribution in [3.05, 3.63) is 34.6 Å². The molecule has 2 rings (SSSR count). The first-order valence-corrected chi connectivity index (χ1v) is 5.70. The number of benzene rings is 1. The second-order valence-electron chi connectivity index (χ2n) is 4.51. The maximum absolute atomic E-state index is 13.9. The summed E-state index contributed by atoms with van der Waals surface area (Å²) < 4.78 is 13.9. The van der Waals surface area contributed by atoms with Crippen molar-refractivity contribution in [2.45, 2.75) is 38.5 Å². The lowest BCUT2D eigenvalue weighted by molar-refractivity contribution is 0.0995. The van der Waals surface area contributed by atoms with Crippen molar-refractivity contribution in [3.63, 3.8) is 0 Å². The molecular weight excluding hydrogens is 205 g/mol. The highest BCUT2D eigenvalue weighted by molar-refractivity contribution is 5.95. The van der Waals surface area contributed by atoms with Gasteiger partial charge in [0.1, 0.15) is 5.82 Å². The third-order valence-electron chi connectivity index (χ3n) is 3.41. The van der Waals surface area contributed by atoms with Gasteiger partial charge in [-0.05, 0) is 36.8 Å². The molecule has 1 saturated carbocycles. The number of hydrogen-bond acceptors (Lipinski definition) is 1. The number of halogens is 1. The van der Waals surface area contributed by atoms with Crippen LogP contribution in [0.4, 0.5) is 4.39 Å². The van der Waals surface area contributed by atoms with Gasteiger partial charge < -0.3 is 5.73 Å². The Labute approximate surface area is 94.6 Å². The van der Waals surface area contributed by atoms with E-state index < -0.39 is 11.7 Å². The summed E-state index contributed by atoms with van der Waals surface area (Å²) in [6.07, 6.45) is 4.36. The molecule has 1 aromatic carbocycles. The smallest absolute Gasteiger partial charge is 0.251 e. The Morgan fingerprint density at radius 2 is 2.00 bits per heavy atom. The Balaban J connectivity index is 2.51. The SMILES string of the molecule is Cc1ccc(C2CCCC2)c(C(N)=O)c1F. The quantitative estimate of drug-likeness (QED) is 0.819. The van der Waals surface area contributed by atoms with Gasteiger partial charge in [0.25, 0.3) is 5.91 Å². The average Bonchev–Trinajstić information content (AvgIpc) is 2.74. The molecular formula is C13H16FNO. The van der Waals surface area contributed by atoms with Gasteiger partial charge in [-0.1, -0.05) is 25.0 Å². The van der Waals surface area contributed by atoms with Crippen LogP contribution in [-0.2, 0) is 0 Å². The van der Waals surface area contributed by atoms with Gasteiger partial charge in [-0.3, -0.25) is 4.79 Å². The molecule has 2 nitrogen and oxygen atoms in total. The van der Waals surface area contributed by atoms with Crippen LogP contribution in [0.25, 0.3) is 0 Å². The van der Waals surface area contributed by atoms with Crippen LogP contribution in [0.5, 0.6) is 0 Å². The molecule has 0 bridgehead atoms. The zero-order chi connectivity index (χ0) is 11.7. The van der Waals surface area contributed by atoms with Gasteiger partial charge in [0.15, 0.2) is 0 Å². The van der Waals surface area contributed by atoms with Crippen molar-refractivity contribution in [2.75, 3.05) is 0 Å². The molecule has 86 valence electrons. The minimum absolute atomic E-state index is 0.104. The molecule has 1 fully saturated rings. The molecule has 16 heavy (non-hydrogen) atoms. The zero-order valence-corrected chi connectivity index (χ0v) is 9.42. The zero-order valence-electron chi connectivity index (χ0n) is 9.42. The fourth-order valence-corrected chi connectivity index (χ4v) is 2.52. The number of carbonyl (C=O) groups excluding carboxylic acids is 1. The minimum atomic E-state index is -0.650. The van der Waals surface area contributed by atoms with E-state index >= 15 is 0 Å². The number of hydrogen-bond donors (Lipinski definition) is 1. The Kier molecular flexibility index (Phi) is 2.95. The fraction of sp³-hybridized carbons (Fsp3) is 0.462. The summed E-state index contributed by atoms with van der Waals surface area (Å²) in [5.41, 5.74) is 6.66. The fourth-order valence-electron chi connectivity index (χ4n) is 2.52. The molecule has 0 unspecified atom stereocenters. The molecule has 1 aliphatic rings. The Morgan fingerprint density at radius 3 is 2.56 bits per heavy atom. The highest BCUT2D eigenvalue weighted by Gasteiger charge is 2.24. The van der Waals surface area contributed by atoms with E-state index in [0.29, 0.717) is 11.5 Å². The van der Waals surface area contributed by atoms with E-state index in [2.05, 4.69) is 0 Å². The number of carbonyl (C=O) groups is 1. The third-order valence-corrected chi connectivity index (χ3v) is 3.41. The first-order valence-electron chi connectivity index (χ1n) is 5.70. The summed E-state index contributed by atoms with van der Waals surface area (Å²) in [5.74, 6) is -0.794. The molecule has 0 aromatic heterocycles. The van der Waals surface area contributed by atoms with Gasteiger partial charge >= 0.3 is 0 Å². The predicted molar refractivity (Wildman–Crippen MR) is 60.9 cm³/mol. The summed E-state index contributed by atoms with van der Waals surface area (Å²) in [4.78, 5) is 11.3. The van der Waals surface area contributed by atoms with E-state index in [0.717, 1.165) is 31.2 Å². The van der Waals surface area contributed by atoms with E-state index in [1.54, 1.807) is 13.0 Å². The Bertz CT molecular complexity index is 422. The molecule has 0 spiro atoms. The van der Waals surface area contributed by atoms with Crippen molar-refractivity contribution < 1.29 is 9.18 Å². The van der Waals surface area contributed by atoms with Crippen molar-refractivity contribution in [2.24, 2.45) is 5.73 Å². The van der Waals surface area contributed by atoms with Crippen LogP contribution in [0.2, 0.25) is 0 Å². The summed E-state index contributed by atoms with van der Waals surface area (Å²) in [6, 6.07) is 3.59. The maximum atomic E-state index is 13.9. The predicted octanol–water partition coefficient (Wildman–Crippen LogP) is 2.89. The summed E-state index contributed by atoms with van der Waals surface area (Å²) in [6.45, 7) is 1.65. The second-order valence-corrected chi connectivity index (χ2v) is 4.51. The number of rotatable bonds is 2. The molecule has 0 heterocycles. The summed E-state index contributed by atoms with van der Waals surface area (Å²) in [5, 5.41) is 0. The monoisotopic (exact) mass is 221 g/mol. The molecule has 3 heteroatoms. The normalized spacial score (nSPS) is 16.6. The van der Waals surface area contributed by atoms with Crippen LogP contribution in [0.1, 0.15) is 53.1 Å². The molecule has 0 radical (unpaired) electrons. The number of nitrogens with two attached hydrogens (primary N) is 1. The summed E-state index contributed by atoms with van der Waals surface area (Å²) in [7, 11) is 0. The van der Waals surface area contributed by atoms with Crippen LogP contribution in [0.3, 0.4) is 0 Å². The van der Waals surface area contributed by atoms with Gasteiger partial charge in [-0.25, -0.2) is 4.39 Å². The highest BCUT2D eigenvalue weighted by atomic mass is 19.1. The van der Waals surface area contributed by atoms with Crippen molar-refractivity contribution >= 4 is 5.91 Å². The summed E-state index contributed by atoms with van der Waals surface area (Å²) >= 11 is 0. The van der Waals surface area contributed by atoms with Gasteiger partial charge in [0.05, 0.1) is 5.56 Å².